The van der Waals surface area contributed by atoms with Crippen LogP contribution in [-0.4, -0.2) is 48.9 Å². The van der Waals surface area contributed by atoms with Crippen LogP contribution in [0.5, 0.6) is 0 Å². The fourth-order valence-electron chi connectivity index (χ4n) is 4.09. The number of hydrogen-bond donors (Lipinski definition) is 4. The van der Waals surface area contributed by atoms with E-state index in [0.29, 0.717) is 36.6 Å². The molecular formula is C28H48N4O3. The van der Waals surface area contributed by atoms with E-state index < -0.39 is 0 Å². The molecule has 1 aromatic rings. The van der Waals surface area contributed by atoms with Crippen molar-refractivity contribution in [3.05, 3.63) is 35.4 Å². The zero-order valence-corrected chi connectivity index (χ0v) is 23.4. The molecule has 35 heavy (non-hydrogen) atoms. The van der Waals surface area contributed by atoms with Crippen LogP contribution in [0.2, 0.25) is 0 Å². The number of rotatable bonds is 14. The summed E-state index contributed by atoms with van der Waals surface area (Å²) in [6, 6.07) is 6.69. The van der Waals surface area contributed by atoms with E-state index in [1.165, 1.54) is 0 Å². The number of nitrogens with one attached hydrogen (secondary N) is 4. The van der Waals surface area contributed by atoms with Crippen molar-refractivity contribution in [2.24, 2.45) is 11.3 Å². The first-order valence-electron chi connectivity index (χ1n) is 12.7. The van der Waals surface area contributed by atoms with Gasteiger partial charge in [0.15, 0.2) is 0 Å². The smallest absolute Gasteiger partial charge is 0.251 e. The summed E-state index contributed by atoms with van der Waals surface area (Å²) < 4.78 is 0. The summed E-state index contributed by atoms with van der Waals surface area (Å²) in [5.74, 6) is -0.0306. The molecule has 0 fully saturated rings. The van der Waals surface area contributed by atoms with Crippen LogP contribution in [0.3, 0.4) is 0 Å². The summed E-state index contributed by atoms with van der Waals surface area (Å²) in [6.07, 6.45) is 3.20. The molecule has 1 aromatic carbocycles. The van der Waals surface area contributed by atoms with E-state index in [4.69, 9.17) is 0 Å². The van der Waals surface area contributed by atoms with Crippen molar-refractivity contribution in [2.75, 3.05) is 20.1 Å². The van der Waals surface area contributed by atoms with Gasteiger partial charge in [0.2, 0.25) is 5.91 Å². The Morgan fingerprint density at radius 2 is 1.40 bits per heavy atom. The second-order valence-corrected chi connectivity index (χ2v) is 12.1. The number of amides is 3. The molecule has 3 amide bonds. The van der Waals surface area contributed by atoms with Gasteiger partial charge in [0.25, 0.3) is 11.8 Å². The van der Waals surface area contributed by atoms with E-state index >= 15 is 0 Å². The lowest BCUT2D eigenvalue weighted by Gasteiger charge is -2.30. The zero-order chi connectivity index (χ0) is 26.9. The maximum Gasteiger partial charge on any atom is 0.251 e. The van der Waals surface area contributed by atoms with Gasteiger partial charge in [-0.05, 0) is 83.5 Å². The molecule has 1 rings (SSSR count). The maximum atomic E-state index is 12.7. The lowest BCUT2D eigenvalue weighted by Crippen LogP contribution is -2.44. The quantitative estimate of drug-likeness (QED) is 0.294. The molecule has 0 saturated heterocycles. The van der Waals surface area contributed by atoms with Crippen molar-refractivity contribution in [1.82, 2.24) is 21.3 Å². The van der Waals surface area contributed by atoms with Gasteiger partial charge in [-0.25, -0.2) is 0 Å². The molecular weight excluding hydrogens is 440 g/mol. The van der Waals surface area contributed by atoms with Gasteiger partial charge in [-0.3, -0.25) is 14.4 Å². The van der Waals surface area contributed by atoms with Gasteiger partial charge in [0.05, 0.1) is 0 Å². The average molecular weight is 489 g/mol. The molecule has 0 aliphatic rings. The third kappa shape index (κ3) is 12.2. The van der Waals surface area contributed by atoms with Crippen molar-refractivity contribution in [3.8, 4) is 0 Å². The first kappa shape index (κ1) is 30.6. The van der Waals surface area contributed by atoms with E-state index in [-0.39, 0.29) is 34.2 Å². The lowest BCUT2D eigenvalue weighted by atomic mass is 9.80. The monoisotopic (exact) mass is 488 g/mol. The van der Waals surface area contributed by atoms with Crippen molar-refractivity contribution >= 4 is 17.7 Å². The molecule has 0 radical (unpaired) electrons. The molecule has 7 heteroatoms. The Balaban J connectivity index is 2.51. The summed E-state index contributed by atoms with van der Waals surface area (Å²) >= 11 is 0. The van der Waals surface area contributed by atoms with Gasteiger partial charge in [-0.1, -0.05) is 33.8 Å². The number of benzene rings is 1. The molecule has 0 aliphatic carbocycles. The van der Waals surface area contributed by atoms with Crippen molar-refractivity contribution in [3.63, 3.8) is 0 Å². The minimum atomic E-state index is -0.334. The summed E-state index contributed by atoms with van der Waals surface area (Å²) in [4.78, 5) is 37.6. The van der Waals surface area contributed by atoms with Gasteiger partial charge >= 0.3 is 0 Å². The van der Waals surface area contributed by atoms with Gasteiger partial charge in [-0.2, -0.15) is 0 Å². The Hall–Kier alpha value is -2.41. The van der Waals surface area contributed by atoms with Crippen LogP contribution >= 0.6 is 0 Å². The SMILES string of the molecule is CNC(C)(C)CCC(C)(C)CC(=O)NCCNC(=O)c1cccc(C(=O)NC(C)(C)CC(C)C)c1. The molecule has 7 nitrogen and oxygen atoms in total. The summed E-state index contributed by atoms with van der Waals surface area (Å²) in [6.45, 7) is 17.4. The summed E-state index contributed by atoms with van der Waals surface area (Å²) in [5.41, 5.74) is 0.469. The third-order valence-corrected chi connectivity index (χ3v) is 6.23. The highest BCUT2D eigenvalue weighted by molar-refractivity contribution is 5.99. The highest BCUT2D eigenvalue weighted by atomic mass is 16.2. The van der Waals surface area contributed by atoms with Crippen LogP contribution in [0.15, 0.2) is 24.3 Å². The average Bonchev–Trinajstić information content (AvgIpc) is 2.74. The van der Waals surface area contributed by atoms with Gasteiger partial charge in [0.1, 0.15) is 0 Å². The Morgan fingerprint density at radius 1 is 0.829 bits per heavy atom. The minimum absolute atomic E-state index is 0.0193. The van der Waals surface area contributed by atoms with E-state index in [0.717, 1.165) is 19.3 Å². The van der Waals surface area contributed by atoms with Crippen LogP contribution < -0.4 is 21.3 Å². The van der Waals surface area contributed by atoms with E-state index in [9.17, 15) is 14.4 Å². The molecule has 0 spiro atoms. The molecule has 0 unspecified atom stereocenters. The molecule has 0 heterocycles. The number of hydrogen-bond acceptors (Lipinski definition) is 4. The molecule has 4 N–H and O–H groups in total. The normalized spacial score (nSPS) is 12.4. The molecule has 0 aromatic heterocycles. The second-order valence-electron chi connectivity index (χ2n) is 12.1. The van der Waals surface area contributed by atoms with Crippen LogP contribution in [-0.2, 0) is 4.79 Å². The standard InChI is InChI=1S/C28H48N4O3/c1-20(2)18-28(7,8)32-25(35)22-12-10-11-21(17-22)24(34)31-16-15-30-23(33)19-26(3,4)13-14-27(5,6)29-9/h10-12,17,20,29H,13-16,18-19H2,1-9H3,(H,30,33)(H,31,34)(H,32,35). The third-order valence-electron chi connectivity index (χ3n) is 6.23. The van der Waals surface area contributed by atoms with Crippen LogP contribution in [0.1, 0.15) is 102 Å². The maximum absolute atomic E-state index is 12.7. The van der Waals surface area contributed by atoms with E-state index in [1.807, 2.05) is 20.9 Å². The van der Waals surface area contributed by atoms with Crippen LogP contribution in [0.4, 0.5) is 0 Å². The summed E-state index contributed by atoms with van der Waals surface area (Å²) in [7, 11) is 1.95. The number of carbonyl (C=O) groups is 3. The Bertz CT molecular complexity index is 860. The molecule has 0 bridgehead atoms. The van der Waals surface area contributed by atoms with Crippen molar-refractivity contribution < 1.29 is 14.4 Å². The fourth-order valence-corrected chi connectivity index (χ4v) is 4.09. The highest BCUT2D eigenvalue weighted by Crippen LogP contribution is 2.29. The van der Waals surface area contributed by atoms with E-state index in [2.05, 4.69) is 62.8 Å². The minimum Gasteiger partial charge on any atom is -0.354 e. The lowest BCUT2D eigenvalue weighted by molar-refractivity contribution is -0.123. The van der Waals surface area contributed by atoms with E-state index in [1.54, 1.807) is 24.3 Å². The predicted molar refractivity (Wildman–Crippen MR) is 144 cm³/mol. The van der Waals surface area contributed by atoms with Crippen molar-refractivity contribution in [2.45, 2.75) is 92.2 Å². The molecule has 198 valence electrons. The first-order valence-corrected chi connectivity index (χ1v) is 12.7. The van der Waals surface area contributed by atoms with Gasteiger partial charge in [0, 0.05) is 41.7 Å². The summed E-state index contributed by atoms with van der Waals surface area (Å²) in [5, 5.41) is 12.1. The number of carbonyl (C=O) groups excluding carboxylic acids is 3. The van der Waals surface area contributed by atoms with Crippen molar-refractivity contribution in [1.29, 1.82) is 0 Å². The van der Waals surface area contributed by atoms with Crippen LogP contribution in [0.25, 0.3) is 0 Å². The largest absolute Gasteiger partial charge is 0.354 e. The van der Waals surface area contributed by atoms with Crippen LogP contribution in [0, 0.1) is 11.3 Å². The van der Waals surface area contributed by atoms with Gasteiger partial charge in [-0.15, -0.1) is 0 Å². The zero-order valence-electron chi connectivity index (χ0n) is 23.4. The Labute approximate surface area is 212 Å². The Kier molecular flexibility index (Phi) is 11.4. The highest BCUT2D eigenvalue weighted by Gasteiger charge is 2.26. The van der Waals surface area contributed by atoms with Gasteiger partial charge < -0.3 is 21.3 Å². The predicted octanol–water partition coefficient (Wildman–Crippen LogP) is 4.28. The molecule has 0 atom stereocenters. The molecule has 0 saturated carbocycles. The second kappa shape index (κ2) is 13.1. The molecule has 0 aliphatic heterocycles. The Morgan fingerprint density at radius 3 is 1.97 bits per heavy atom. The first-order chi connectivity index (χ1) is 16.1. The topological polar surface area (TPSA) is 99.3 Å². The fraction of sp³-hybridized carbons (Fsp3) is 0.679.